The topological polar surface area (TPSA) is 44.4 Å². The lowest BCUT2D eigenvalue weighted by Crippen LogP contribution is -2.32. The molecular weight excluding hydrogens is 262 g/mol. The minimum absolute atomic E-state index is 0.0164. The summed E-state index contributed by atoms with van der Waals surface area (Å²) < 4.78 is 0. The molecule has 0 heterocycles. The highest BCUT2D eigenvalue weighted by Gasteiger charge is 2.08. The molecule has 0 unspecified atom stereocenters. The Labute approximate surface area is 120 Å². The van der Waals surface area contributed by atoms with Crippen LogP contribution in [0.1, 0.15) is 12.0 Å². The molecule has 0 fully saturated rings. The number of likely N-dealkylation sites (N-methyl/N-ethyl adjacent to an activating group) is 1. The van der Waals surface area contributed by atoms with Gasteiger partial charge in [0.1, 0.15) is 0 Å². The number of nitrogens with one attached hydrogen (secondary N) is 2. The zero-order valence-electron chi connectivity index (χ0n) is 11.8. The number of hydrogen-bond acceptors (Lipinski definition) is 3. The van der Waals surface area contributed by atoms with Crippen LogP contribution in [0, 0.1) is 6.92 Å². The van der Waals surface area contributed by atoms with Crippen LogP contribution in [0.5, 0.6) is 0 Å². The first-order valence-electron chi connectivity index (χ1n) is 6.42. The fraction of sp³-hybridized carbons (Fsp3) is 0.500. The van der Waals surface area contributed by atoms with Crippen LogP contribution in [0.3, 0.4) is 0 Å². The Bertz CT molecular complexity index is 423. The van der Waals surface area contributed by atoms with Crippen LogP contribution in [0.25, 0.3) is 0 Å². The molecule has 0 atom stereocenters. The number of rotatable bonds is 7. The normalized spacial score (nSPS) is 10.8. The van der Waals surface area contributed by atoms with Crippen LogP contribution < -0.4 is 10.6 Å². The van der Waals surface area contributed by atoms with Crippen molar-refractivity contribution in [3.63, 3.8) is 0 Å². The van der Waals surface area contributed by atoms with Gasteiger partial charge in [0.2, 0.25) is 5.91 Å². The quantitative estimate of drug-likeness (QED) is 0.754. The standard InChI is InChI=1S/C14H22ClN3O/c1-11-5-6-12(15)9-13(11)17-14(19)10-18(3)8-4-7-16-2/h5-6,9,16H,4,7-8,10H2,1-3H3,(H,17,19). The molecule has 19 heavy (non-hydrogen) atoms. The van der Waals surface area contributed by atoms with Crippen LogP contribution in [0.15, 0.2) is 18.2 Å². The highest BCUT2D eigenvalue weighted by molar-refractivity contribution is 6.31. The Hall–Kier alpha value is -1.10. The third kappa shape index (κ3) is 6.05. The second kappa shape index (κ2) is 8.15. The minimum Gasteiger partial charge on any atom is -0.325 e. The summed E-state index contributed by atoms with van der Waals surface area (Å²) in [6, 6.07) is 5.49. The average Bonchev–Trinajstić information content (AvgIpc) is 2.34. The van der Waals surface area contributed by atoms with Crippen molar-refractivity contribution in [2.45, 2.75) is 13.3 Å². The van der Waals surface area contributed by atoms with Gasteiger partial charge in [0.05, 0.1) is 6.54 Å². The largest absolute Gasteiger partial charge is 0.325 e. The highest BCUT2D eigenvalue weighted by atomic mass is 35.5. The first kappa shape index (κ1) is 16.0. The summed E-state index contributed by atoms with van der Waals surface area (Å²) in [5, 5.41) is 6.61. The molecule has 5 heteroatoms. The third-order valence-electron chi connectivity index (χ3n) is 2.85. The van der Waals surface area contributed by atoms with E-state index in [1.807, 2.05) is 38.1 Å². The first-order chi connectivity index (χ1) is 9.02. The molecule has 1 amide bonds. The van der Waals surface area contributed by atoms with Gasteiger partial charge in [0.25, 0.3) is 0 Å². The van der Waals surface area contributed by atoms with Crippen molar-refractivity contribution in [2.24, 2.45) is 0 Å². The zero-order chi connectivity index (χ0) is 14.3. The average molecular weight is 284 g/mol. The summed E-state index contributed by atoms with van der Waals surface area (Å²) >= 11 is 5.92. The van der Waals surface area contributed by atoms with Crippen molar-refractivity contribution in [3.8, 4) is 0 Å². The molecule has 0 saturated heterocycles. The number of aryl methyl sites for hydroxylation is 1. The number of carbonyl (C=O) groups excluding carboxylic acids is 1. The van der Waals surface area contributed by atoms with E-state index in [4.69, 9.17) is 11.6 Å². The molecule has 0 radical (unpaired) electrons. The molecule has 0 bridgehead atoms. The monoisotopic (exact) mass is 283 g/mol. The molecule has 106 valence electrons. The molecule has 1 aromatic carbocycles. The predicted molar refractivity (Wildman–Crippen MR) is 80.9 cm³/mol. The molecule has 0 aliphatic carbocycles. The molecule has 2 N–H and O–H groups in total. The van der Waals surface area contributed by atoms with Gasteiger partial charge in [-0.1, -0.05) is 17.7 Å². The Balaban J connectivity index is 2.44. The van der Waals surface area contributed by atoms with Crippen LogP contribution in [0.2, 0.25) is 5.02 Å². The molecule has 0 aliphatic rings. The maximum atomic E-state index is 11.9. The van der Waals surface area contributed by atoms with Crippen LogP contribution in [-0.2, 0) is 4.79 Å². The van der Waals surface area contributed by atoms with Crippen molar-refractivity contribution in [1.82, 2.24) is 10.2 Å². The second-order valence-corrected chi connectivity index (χ2v) is 5.14. The van der Waals surface area contributed by atoms with Crippen molar-refractivity contribution in [1.29, 1.82) is 0 Å². The maximum Gasteiger partial charge on any atom is 0.238 e. The SMILES string of the molecule is CNCCCN(C)CC(=O)Nc1cc(Cl)ccc1C. The predicted octanol–water partition coefficient (Wildman–Crippen LogP) is 2.13. The van der Waals surface area contributed by atoms with E-state index in [0.717, 1.165) is 30.8 Å². The number of benzene rings is 1. The fourth-order valence-electron chi connectivity index (χ4n) is 1.77. The van der Waals surface area contributed by atoms with Crippen LogP contribution >= 0.6 is 11.6 Å². The van der Waals surface area contributed by atoms with Crippen molar-refractivity contribution in [2.75, 3.05) is 39.0 Å². The molecule has 1 rings (SSSR count). The van der Waals surface area contributed by atoms with E-state index in [1.54, 1.807) is 6.07 Å². The van der Waals surface area contributed by atoms with Gasteiger partial charge >= 0.3 is 0 Å². The second-order valence-electron chi connectivity index (χ2n) is 4.70. The molecule has 4 nitrogen and oxygen atoms in total. The molecule has 1 aromatic rings. The summed E-state index contributed by atoms with van der Waals surface area (Å²) in [7, 11) is 3.87. The zero-order valence-corrected chi connectivity index (χ0v) is 12.5. The van der Waals surface area contributed by atoms with Gasteiger partial charge in [-0.2, -0.15) is 0 Å². The summed E-state index contributed by atoms with van der Waals surface area (Å²) in [5.41, 5.74) is 1.79. The van der Waals surface area contributed by atoms with Gasteiger partial charge in [0.15, 0.2) is 0 Å². The third-order valence-corrected chi connectivity index (χ3v) is 3.09. The van der Waals surface area contributed by atoms with E-state index in [-0.39, 0.29) is 5.91 Å². The lowest BCUT2D eigenvalue weighted by molar-refractivity contribution is -0.117. The number of amides is 1. The summed E-state index contributed by atoms with van der Waals surface area (Å²) in [6.45, 7) is 4.18. The number of nitrogens with zero attached hydrogens (tertiary/aromatic N) is 1. The first-order valence-corrected chi connectivity index (χ1v) is 6.80. The Morgan fingerprint density at radius 1 is 1.42 bits per heavy atom. The molecule has 0 aliphatic heterocycles. The van der Waals surface area contributed by atoms with Gasteiger partial charge in [-0.05, 0) is 58.2 Å². The minimum atomic E-state index is -0.0164. The number of halogens is 1. The van der Waals surface area contributed by atoms with Gasteiger partial charge in [-0.15, -0.1) is 0 Å². The Morgan fingerprint density at radius 2 is 2.16 bits per heavy atom. The maximum absolute atomic E-state index is 11.9. The van der Waals surface area contributed by atoms with E-state index in [1.165, 1.54) is 0 Å². The van der Waals surface area contributed by atoms with Crippen molar-refractivity contribution < 1.29 is 4.79 Å². The van der Waals surface area contributed by atoms with E-state index >= 15 is 0 Å². The van der Waals surface area contributed by atoms with Crippen molar-refractivity contribution >= 4 is 23.2 Å². The van der Waals surface area contributed by atoms with E-state index < -0.39 is 0 Å². The molecular formula is C14H22ClN3O. The van der Waals surface area contributed by atoms with Gasteiger partial charge < -0.3 is 10.6 Å². The lowest BCUT2D eigenvalue weighted by atomic mass is 10.2. The van der Waals surface area contributed by atoms with E-state index in [2.05, 4.69) is 10.6 Å². The Morgan fingerprint density at radius 3 is 2.84 bits per heavy atom. The van der Waals surface area contributed by atoms with Gasteiger partial charge in [0, 0.05) is 10.7 Å². The van der Waals surface area contributed by atoms with E-state index in [9.17, 15) is 4.79 Å². The molecule has 0 aromatic heterocycles. The van der Waals surface area contributed by atoms with Crippen molar-refractivity contribution in [3.05, 3.63) is 28.8 Å². The lowest BCUT2D eigenvalue weighted by Gasteiger charge is -2.16. The molecule has 0 spiro atoms. The van der Waals surface area contributed by atoms with Crippen LogP contribution in [0.4, 0.5) is 5.69 Å². The van der Waals surface area contributed by atoms with Crippen LogP contribution in [-0.4, -0.2) is 44.5 Å². The number of anilines is 1. The van der Waals surface area contributed by atoms with Gasteiger partial charge in [-0.25, -0.2) is 0 Å². The molecule has 0 saturated carbocycles. The number of hydrogen-bond donors (Lipinski definition) is 2. The number of carbonyl (C=O) groups is 1. The summed E-state index contributed by atoms with van der Waals surface area (Å²) in [4.78, 5) is 13.9. The smallest absolute Gasteiger partial charge is 0.238 e. The van der Waals surface area contributed by atoms with E-state index in [0.29, 0.717) is 11.6 Å². The fourth-order valence-corrected chi connectivity index (χ4v) is 1.94. The summed E-state index contributed by atoms with van der Waals surface area (Å²) in [6.07, 6.45) is 1.02. The highest BCUT2D eigenvalue weighted by Crippen LogP contribution is 2.19. The Kier molecular flexibility index (Phi) is 6.84. The summed E-state index contributed by atoms with van der Waals surface area (Å²) in [5.74, 6) is -0.0164. The van der Waals surface area contributed by atoms with Gasteiger partial charge in [-0.3, -0.25) is 9.69 Å².